The Morgan fingerprint density at radius 2 is 1.19 bits per heavy atom. The molecule has 1 nitrogen and oxygen atoms in total. The van der Waals surface area contributed by atoms with Crippen LogP contribution in [0.5, 0.6) is 0 Å². The van der Waals surface area contributed by atoms with Crippen molar-refractivity contribution in [3.05, 3.63) is 114 Å². The van der Waals surface area contributed by atoms with Gasteiger partial charge in [-0.3, -0.25) is 0 Å². The van der Waals surface area contributed by atoms with E-state index >= 15 is 0 Å². The largest absolute Gasteiger partial charge is 0.248 e. The van der Waals surface area contributed by atoms with E-state index in [0.717, 1.165) is 32.7 Å². The van der Waals surface area contributed by atoms with Gasteiger partial charge in [0.15, 0.2) is 0 Å². The molecule has 0 unspecified atom stereocenters. The number of fused-ring (bicyclic) bond motifs is 3. The van der Waals surface area contributed by atoms with Crippen LogP contribution in [0.3, 0.4) is 0 Å². The van der Waals surface area contributed by atoms with Crippen molar-refractivity contribution in [2.24, 2.45) is 0 Å². The lowest BCUT2D eigenvalue weighted by Gasteiger charge is -2.15. The molecule has 0 radical (unpaired) electrons. The van der Waals surface area contributed by atoms with Gasteiger partial charge in [-0.15, -0.1) is 0 Å². The normalized spacial score (nSPS) is 11.4. The first kappa shape index (κ1) is 18.1. The summed E-state index contributed by atoms with van der Waals surface area (Å²) in [6, 6.07) is 38.0. The summed E-state index contributed by atoms with van der Waals surface area (Å²) in [6.07, 6.45) is 0. The van der Waals surface area contributed by atoms with Gasteiger partial charge in [-0.25, -0.2) is 4.98 Å². The maximum absolute atomic E-state index is 6.36. The average molecular weight is 416 g/mol. The Hall–Kier alpha value is -3.68. The Balaban J connectivity index is 1.77. The van der Waals surface area contributed by atoms with Crippen LogP contribution in [0.1, 0.15) is 0 Å². The fraction of sp³-hybridized carbons (Fsp3) is 0. The van der Waals surface area contributed by atoms with Gasteiger partial charge in [0.25, 0.3) is 0 Å². The number of halogens is 1. The van der Waals surface area contributed by atoms with Gasteiger partial charge < -0.3 is 0 Å². The number of hydrogen-bond donors (Lipinski definition) is 0. The second-order valence-corrected chi connectivity index (χ2v) is 8.21. The Morgan fingerprint density at radius 1 is 0.548 bits per heavy atom. The van der Waals surface area contributed by atoms with Crippen LogP contribution < -0.4 is 0 Å². The predicted molar refractivity (Wildman–Crippen MR) is 133 cm³/mol. The third-order valence-corrected chi connectivity index (χ3v) is 6.12. The molecule has 0 saturated carbocycles. The molecule has 0 saturated heterocycles. The van der Waals surface area contributed by atoms with E-state index in [1.54, 1.807) is 0 Å². The SMILES string of the molecule is Clc1ccc2nc(-c3c4ccccc4cc4ccccc34)cc(-c3ccccc3)c2c1. The van der Waals surface area contributed by atoms with Gasteiger partial charge in [0, 0.05) is 16.0 Å². The van der Waals surface area contributed by atoms with Crippen LogP contribution in [-0.4, -0.2) is 4.98 Å². The molecular formula is C29H18ClN. The topological polar surface area (TPSA) is 12.9 Å². The van der Waals surface area contributed by atoms with Gasteiger partial charge in [-0.2, -0.15) is 0 Å². The molecule has 0 fully saturated rings. The van der Waals surface area contributed by atoms with E-state index in [-0.39, 0.29) is 0 Å². The van der Waals surface area contributed by atoms with Crippen molar-refractivity contribution in [3.8, 4) is 22.4 Å². The Labute approximate surface area is 185 Å². The van der Waals surface area contributed by atoms with Crippen molar-refractivity contribution in [1.82, 2.24) is 4.98 Å². The minimum Gasteiger partial charge on any atom is -0.248 e. The van der Waals surface area contributed by atoms with Crippen LogP contribution in [0.25, 0.3) is 54.8 Å². The molecule has 0 aliphatic carbocycles. The van der Waals surface area contributed by atoms with E-state index in [1.165, 1.54) is 27.1 Å². The highest BCUT2D eigenvalue weighted by molar-refractivity contribution is 6.31. The minimum atomic E-state index is 0.717. The molecule has 1 heterocycles. The maximum atomic E-state index is 6.36. The summed E-state index contributed by atoms with van der Waals surface area (Å²) in [5.74, 6) is 0. The van der Waals surface area contributed by atoms with Crippen molar-refractivity contribution in [1.29, 1.82) is 0 Å². The zero-order valence-electron chi connectivity index (χ0n) is 16.7. The highest BCUT2D eigenvalue weighted by atomic mass is 35.5. The Bertz CT molecular complexity index is 1530. The summed E-state index contributed by atoms with van der Waals surface area (Å²) in [5.41, 5.74) is 5.38. The molecule has 146 valence electrons. The van der Waals surface area contributed by atoms with Gasteiger partial charge in [-0.05, 0) is 63.0 Å². The fourth-order valence-electron chi connectivity index (χ4n) is 4.47. The van der Waals surface area contributed by atoms with E-state index < -0.39 is 0 Å². The number of benzene rings is 5. The van der Waals surface area contributed by atoms with Crippen LogP contribution in [0.4, 0.5) is 0 Å². The molecule has 31 heavy (non-hydrogen) atoms. The number of rotatable bonds is 2. The molecule has 0 aliphatic heterocycles. The van der Waals surface area contributed by atoms with Gasteiger partial charge >= 0.3 is 0 Å². The van der Waals surface area contributed by atoms with Crippen molar-refractivity contribution < 1.29 is 0 Å². The number of pyridine rings is 1. The van der Waals surface area contributed by atoms with Gasteiger partial charge in [0.05, 0.1) is 11.2 Å². The third-order valence-electron chi connectivity index (χ3n) is 5.88. The molecule has 0 spiro atoms. The third kappa shape index (κ3) is 3.06. The van der Waals surface area contributed by atoms with E-state index in [4.69, 9.17) is 16.6 Å². The highest BCUT2D eigenvalue weighted by Gasteiger charge is 2.15. The summed E-state index contributed by atoms with van der Waals surface area (Å²) >= 11 is 6.36. The first-order valence-corrected chi connectivity index (χ1v) is 10.7. The van der Waals surface area contributed by atoms with Crippen molar-refractivity contribution in [2.45, 2.75) is 0 Å². The fourth-order valence-corrected chi connectivity index (χ4v) is 4.64. The molecule has 2 heteroatoms. The number of nitrogens with zero attached hydrogens (tertiary/aromatic N) is 1. The van der Waals surface area contributed by atoms with Crippen LogP contribution in [0.2, 0.25) is 5.02 Å². The first-order valence-electron chi connectivity index (χ1n) is 10.3. The molecule has 0 bridgehead atoms. The number of hydrogen-bond acceptors (Lipinski definition) is 1. The molecule has 0 N–H and O–H groups in total. The first-order chi connectivity index (χ1) is 15.3. The minimum absolute atomic E-state index is 0.717. The molecule has 1 aromatic heterocycles. The van der Waals surface area contributed by atoms with E-state index in [9.17, 15) is 0 Å². The van der Waals surface area contributed by atoms with Gasteiger partial charge in [0.1, 0.15) is 0 Å². The van der Waals surface area contributed by atoms with Crippen LogP contribution in [0, 0.1) is 0 Å². The quantitative estimate of drug-likeness (QED) is 0.258. The zero-order chi connectivity index (χ0) is 20.8. The number of aromatic nitrogens is 1. The predicted octanol–water partition coefficient (Wildman–Crippen LogP) is 8.53. The second kappa shape index (κ2) is 7.23. The van der Waals surface area contributed by atoms with Crippen molar-refractivity contribution in [3.63, 3.8) is 0 Å². The summed E-state index contributed by atoms with van der Waals surface area (Å²) in [7, 11) is 0. The molecule has 0 atom stereocenters. The molecule has 0 amide bonds. The highest BCUT2D eigenvalue weighted by Crippen LogP contribution is 2.39. The van der Waals surface area contributed by atoms with Crippen molar-refractivity contribution in [2.75, 3.05) is 0 Å². The van der Waals surface area contributed by atoms with E-state index in [1.807, 2.05) is 24.3 Å². The van der Waals surface area contributed by atoms with Crippen molar-refractivity contribution >= 4 is 44.0 Å². The molecule has 0 aliphatic rings. The molecule has 6 rings (SSSR count). The standard InChI is InChI=1S/C29H18ClN/c30-22-14-15-27-26(17-22)25(19-8-2-1-3-9-19)18-28(31-27)29-23-12-6-4-10-20(23)16-21-11-5-7-13-24(21)29/h1-18H. The summed E-state index contributed by atoms with van der Waals surface area (Å²) in [6.45, 7) is 0. The molecule has 6 aromatic rings. The Kier molecular flexibility index (Phi) is 4.22. The lowest BCUT2D eigenvalue weighted by molar-refractivity contribution is 1.41. The summed E-state index contributed by atoms with van der Waals surface area (Å²) in [5, 5.41) is 6.63. The lowest BCUT2D eigenvalue weighted by atomic mass is 9.92. The smallest absolute Gasteiger partial charge is 0.0728 e. The van der Waals surface area contributed by atoms with Gasteiger partial charge in [0.2, 0.25) is 0 Å². The molecular weight excluding hydrogens is 398 g/mol. The lowest BCUT2D eigenvalue weighted by Crippen LogP contribution is -1.92. The summed E-state index contributed by atoms with van der Waals surface area (Å²) in [4.78, 5) is 5.11. The second-order valence-electron chi connectivity index (χ2n) is 7.78. The summed E-state index contributed by atoms with van der Waals surface area (Å²) < 4.78 is 0. The van der Waals surface area contributed by atoms with Crippen LogP contribution in [-0.2, 0) is 0 Å². The van der Waals surface area contributed by atoms with E-state index in [0.29, 0.717) is 0 Å². The van der Waals surface area contributed by atoms with Crippen LogP contribution in [0.15, 0.2) is 109 Å². The van der Waals surface area contributed by atoms with E-state index in [2.05, 4.69) is 84.9 Å². The monoisotopic (exact) mass is 415 g/mol. The van der Waals surface area contributed by atoms with Crippen LogP contribution >= 0.6 is 11.6 Å². The zero-order valence-corrected chi connectivity index (χ0v) is 17.5. The molecule has 5 aromatic carbocycles. The van der Waals surface area contributed by atoms with Gasteiger partial charge in [-0.1, -0.05) is 90.5 Å². The average Bonchev–Trinajstić information content (AvgIpc) is 2.82. The Morgan fingerprint density at radius 3 is 1.90 bits per heavy atom. The maximum Gasteiger partial charge on any atom is 0.0728 e.